The molecule has 0 aliphatic heterocycles. The lowest BCUT2D eigenvalue weighted by Gasteiger charge is -2.18. The smallest absolute Gasteiger partial charge is 0.338 e. The van der Waals surface area contributed by atoms with Crippen molar-refractivity contribution in [2.75, 3.05) is 6.61 Å². The highest BCUT2D eigenvalue weighted by Crippen LogP contribution is 2.32. The van der Waals surface area contributed by atoms with Crippen LogP contribution in [-0.2, 0) is 10.2 Å². The highest BCUT2D eigenvalue weighted by atomic mass is 16.6. The normalized spacial score (nSPS) is 12.4. The van der Waals surface area contributed by atoms with E-state index in [1.807, 2.05) is 48.5 Å². The predicted octanol–water partition coefficient (Wildman–Crippen LogP) is 7.56. The molecule has 0 radical (unpaired) electrons. The Hall–Kier alpha value is -4.58. The summed E-state index contributed by atoms with van der Waals surface area (Å²) in [4.78, 5) is 24.4. The van der Waals surface area contributed by atoms with Crippen LogP contribution in [0.15, 0.2) is 95.4 Å². The third-order valence-corrected chi connectivity index (χ3v) is 6.46. The quantitative estimate of drug-likeness (QED) is 0.228. The molecule has 38 heavy (non-hydrogen) atoms. The van der Waals surface area contributed by atoms with E-state index < -0.39 is 18.0 Å². The summed E-state index contributed by atoms with van der Waals surface area (Å²) in [5, 5.41) is 12.0. The van der Waals surface area contributed by atoms with Crippen molar-refractivity contribution >= 4 is 33.7 Å². The fraction of sp³-hybridized carbons (Fsp3) is 0.188. The fourth-order valence-electron chi connectivity index (χ4n) is 4.24. The van der Waals surface area contributed by atoms with E-state index in [9.17, 15) is 9.59 Å². The number of carboxylic acids is 1. The lowest BCUT2D eigenvalue weighted by molar-refractivity contribution is 0.0108. The van der Waals surface area contributed by atoms with Crippen LogP contribution < -0.4 is 4.74 Å². The molecule has 6 nitrogen and oxygen atoms in total. The van der Waals surface area contributed by atoms with Gasteiger partial charge < -0.3 is 19.0 Å². The van der Waals surface area contributed by atoms with Crippen molar-refractivity contribution in [3.05, 3.63) is 113 Å². The summed E-state index contributed by atoms with van der Waals surface area (Å²) in [5.41, 5.74) is 2.40. The molecule has 6 heteroatoms. The van der Waals surface area contributed by atoms with Crippen molar-refractivity contribution in [1.82, 2.24) is 0 Å². The topological polar surface area (TPSA) is 86.0 Å². The maximum absolute atomic E-state index is 13.2. The van der Waals surface area contributed by atoms with Gasteiger partial charge in [-0.3, -0.25) is 0 Å². The lowest BCUT2D eigenvalue weighted by Crippen LogP contribution is -2.18. The van der Waals surface area contributed by atoms with E-state index in [-0.39, 0.29) is 17.6 Å². The minimum absolute atomic E-state index is 0.0162. The molecule has 1 aromatic heterocycles. The maximum atomic E-state index is 13.2. The van der Waals surface area contributed by atoms with E-state index in [1.54, 1.807) is 24.3 Å². The number of benzene rings is 4. The Kier molecular flexibility index (Phi) is 6.64. The predicted molar refractivity (Wildman–Crippen MR) is 146 cm³/mol. The Morgan fingerprint density at radius 3 is 2.24 bits per heavy atom. The molecule has 0 amide bonds. The van der Waals surface area contributed by atoms with Gasteiger partial charge in [0.1, 0.15) is 23.7 Å². The van der Waals surface area contributed by atoms with Gasteiger partial charge in [-0.25, -0.2) is 9.59 Å². The molecule has 1 N–H and O–H groups in total. The summed E-state index contributed by atoms with van der Waals surface area (Å²) in [7, 11) is 0. The van der Waals surface area contributed by atoms with Gasteiger partial charge in [-0.15, -0.1) is 0 Å². The lowest BCUT2D eigenvalue weighted by atomic mass is 9.86. The molecule has 0 aliphatic carbocycles. The zero-order chi connectivity index (χ0) is 26.9. The average molecular weight is 509 g/mol. The number of fused-ring (bicyclic) bond motifs is 2. The van der Waals surface area contributed by atoms with Crippen LogP contribution in [0.1, 0.15) is 58.9 Å². The number of aromatic carboxylic acids is 1. The number of hydrogen-bond acceptors (Lipinski definition) is 5. The molecule has 5 rings (SSSR count). The standard InChI is InChI=1S/C32H28O6/c1-32(2,3)25-12-15-27-24(17-25)18-28(37-27)29(19-36-26-13-10-21(11-14-26)30(33)34)38-31(35)23-9-8-20-6-4-5-7-22(20)16-23/h4-18,29H,19H2,1-3H3,(H,33,34). The van der Waals surface area contributed by atoms with Crippen LogP contribution in [0, 0.1) is 0 Å². The highest BCUT2D eigenvalue weighted by molar-refractivity contribution is 5.95. The molecule has 192 valence electrons. The summed E-state index contributed by atoms with van der Waals surface area (Å²) < 4.78 is 17.9. The Morgan fingerprint density at radius 2 is 1.53 bits per heavy atom. The molecule has 1 unspecified atom stereocenters. The first kappa shape index (κ1) is 25.1. The zero-order valence-electron chi connectivity index (χ0n) is 21.4. The molecule has 1 atom stereocenters. The van der Waals surface area contributed by atoms with Gasteiger partial charge in [-0.2, -0.15) is 0 Å². The highest BCUT2D eigenvalue weighted by Gasteiger charge is 2.24. The summed E-state index contributed by atoms with van der Waals surface area (Å²) in [6, 6.07) is 27.2. The van der Waals surface area contributed by atoms with E-state index >= 15 is 0 Å². The third kappa shape index (κ3) is 5.39. The number of rotatable bonds is 7. The molecular formula is C32H28O6. The van der Waals surface area contributed by atoms with Gasteiger partial charge in [0.25, 0.3) is 0 Å². The van der Waals surface area contributed by atoms with Gasteiger partial charge in [0.15, 0.2) is 6.10 Å². The molecule has 0 saturated heterocycles. The molecule has 0 spiro atoms. The second-order valence-electron chi connectivity index (χ2n) is 10.2. The van der Waals surface area contributed by atoms with Crippen molar-refractivity contribution < 1.29 is 28.6 Å². The Labute approximate surface area is 220 Å². The maximum Gasteiger partial charge on any atom is 0.338 e. The summed E-state index contributed by atoms with van der Waals surface area (Å²) in [6.07, 6.45) is -0.835. The van der Waals surface area contributed by atoms with E-state index in [0.29, 0.717) is 22.7 Å². The van der Waals surface area contributed by atoms with Crippen LogP contribution >= 0.6 is 0 Å². The first-order valence-electron chi connectivity index (χ1n) is 12.4. The van der Waals surface area contributed by atoms with Crippen LogP contribution in [0.25, 0.3) is 21.7 Å². The summed E-state index contributed by atoms with van der Waals surface area (Å²) in [5.74, 6) is -0.604. The fourth-order valence-corrected chi connectivity index (χ4v) is 4.24. The van der Waals surface area contributed by atoms with Crippen LogP contribution in [-0.4, -0.2) is 23.7 Å². The SMILES string of the molecule is CC(C)(C)c1ccc2oc(C(COc3ccc(C(=O)O)cc3)OC(=O)c3ccc4ccccc4c3)cc2c1. The molecule has 1 heterocycles. The number of carboxylic acid groups (broad SMARTS) is 1. The van der Waals surface area contributed by atoms with Crippen molar-refractivity contribution in [2.24, 2.45) is 0 Å². The van der Waals surface area contributed by atoms with E-state index in [4.69, 9.17) is 19.0 Å². The second-order valence-corrected chi connectivity index (χ2v) is 10.2. The van der Waals surface area contributed by atoms with Gasteiger partial charge in [0.2, 0.25) is 0 Å². The first-order valence-corrected chi connectivity index (χ1v) is 12.4. The van der Waals surface area contributed by atoms with E-state index in [1.165, 1.54) is 12.1 Å². The number of carbonyl (C=O) groups excluding carboxylic acids is 1. The molecule has 5 aromatic rings. The third-order valence-electron chi connectivity index (χ3n) is 6.46. The van der Waals surface area contributed by atoms with Crippen molar-refractivity contribution in [3.8, 4) is 5.75 Å². The summed E-state index contributed by atoms with van der Waals surface area (Å²) >= 11 is 0. The van der Waals surface area contributed by atoms with E-state index in [0.717, 1.165) is 21.7 Å². The van der Waals surface area contributed by atoms with Crippen LogP contribution in [0.5, 0.6) is 5.75 Å². The molecular weight excluding hydrogens is 480 g/mol. The van der Waals surface area contributed by atoms with Crippen molar-refractivity contribution in [2.45, 2.75) is 32.3 Å². The van der Waals surface area contributed by atoms with Crippen molar-refractivity contribution in [1.29, 1.82) is 0 Å². The Balaban J connectivity index is 1.44. The van der Waals surface area contributed by atoms with Gasteiger partial charge >= 0.3 is 11.9 Å². The number of carbonyl (C=O) groups is 2. The molecule has 4 aromatic carbocycles. The number of furan rings is 1. The minimum Gasteiger partial charge on any atom is -0.489 e. The Morgan fingerprint density at radius 1 is 0.816 bits per heavy atom. The monoisotopic (exact) mass is 508 g/mol. The molecule has 0 bridgehead atoms. The summed E-state index contributed by atoms with van der Waals surface area (Å²) in [6.45, 7) is 6.42. The van der Waals surface area contributed by atoms with E-state index in [2.05, 4.69) is 26.8 Å². The minimum atomic E-state index is -1.02. The number of ether oxygens (including phenoxy) is 2. The first-order chi connectivity index (χ1) is 18.2. The van der Waals surface area contributed by atoms with Gasteiger partial charge in [-0.1, -0.05) is 57.2 Å². The van der Waals surface area contributed by atoms with Gasteiger partial charge in [0.05, 0.1) is 11.1 Å². The molecule has 0 fully saturated rings. The average Bonchev–Trinajstić information content (AvgIpc) is 3.34. The number of hydrogen-bond donors (Lipinski definition) is 1. The number of esters is 1. The molecule has 0 saturated carbocycles. The largest absolute Gasteiger partial charge is 0.489 e. The van der Waals surface area contributed by atoms with Gasteiger partial charge in [-0.05, 0) is 76.3 Å². The zero-order valence-corrected chi connectivity index (χ0v) is 21.4. The Bertz CT molecular complexity index is 1620. The molecule has 0 aliphatic rings. The van der Waals surface area contributed by atoms with Crippen LogP contribution in [0.2, 0.25) is 0 Å². The van der Waals surface area contributed by atoms with Gasteiger partial charge in [0, 0.05) is 5.39 Å². The van der Waals surface area contributed by atoms with Crippen LogP contribution in [0.3, 0.4) is 0 Å². The van der Waals surface area contributed by atoms with Crippen molar-refractivity contribution in [3.63, 3.8) is 0 Å². The second kappa shape index (κ2) is 10.1. The van der Waals surface area contributed by atoms with Crippen LogP contribution in [0.4, 0.5) is 0 Å².